The maximum absolute atomic E-state index is 13.5. The molecule has 4 rings (SSSR count). The Morgan fingerprint density at radius 2 is 1.72 bits per heavy atom. The predicted octanol–water partition coefficient (Wildman–Crippen LogP) is 4.10. The fraction of sp³-hybridized carbons (Fsp3) is 0.346. The number of nitrogens with zero attached hydrogens (tertiary/aromatic N) is 3. The maximum Gasteiger partial charge on any atom is 0.254 e. The fourth-order valence-electron chi connectivity index (χ4n) is 3.99. The summed E-state index contributed by atoms with van der Waals surface area (Å²) in [6, 6.07) is 17.9. The van der Waals surface area contributed by atoms with E-state index >= 15 is 0 Å². The molecule has 0 aliphatic carbocycles. The number of nitrogens with one attached hydrogen (secondary N) is 1. The molecule has 0 saturated carbocycles. The van der Waals surface area contributed by atoms with E-state index in [1.165, 1.54) is 5.56 Å². The highest BCUT2D eigenvalue weighted by molar-refractivity contribution is 6.08. The number of aryl methyl sites for hydroxylation is 1. The Morgan fingerprint density at radius 3 is 2.41 bits per heavy atom. The topological polar surface area (TPSA) is 65.5 Å². The van der Waals surface area contributed by atoms with Crippen LogP contribution in [-0.4, -0.2) is 52.8 Å². The highest BCUT2D eigenvalue weighted by atomic mass is 16.2. The predicted molar refractivity (Wildman–Crippen MR) is 128 cm³/mol. The molecule has 1 N–H and O–H groups in total. The van der Waals surface area contributed by atoms with Gasteiger partial charge in [-0.1, -0.05) is 50.2 Å². The van der Waals surface area contributed by atoms with E-state index in [2.05, 4.69) is 39.5 Å². The van der Waals surface area contributed by atoms with Gasteiger partial charge >= 0.3 is 0 Å². The van der Waals surface area contributed by atoms with Crippen LogP contribution < -0.4 is 5.32 Å². The molecule has 0 unspecified atom stereocenters. The van der Waals surface area contributed by atoms with Crippen molar-refractivity contribution in [2.75, 3.05) is 31.5 Å². The number of rotatable bonds is 5. The van der Waals surface area contributed by atoms with Crippen molar-refractivity contribution in [1.82, 2.24) is 14.8 Å². The number of pyridine rings is 1. The summed E-state index contributed by atoms with van der Waals surface area (Å²) >= 11 is 0. The average molecular weight is 431 g/mol. The minimum Gasteiger partial charge on any atom is -0.336 e. The Hall–Kier alpha value is -3.25. The van der Waals surface area contributed by atoms with Crippen molar-refractivity contribution in [1.29, 1.82) is 0 Å². The van der Waals surface area contributed by atoms with Gasteiger partial charge in [0.2, 0.25) is 5.91 Å². The lowest BCUT2D eigenvalue weighted by Gasteiger charge is -2.35. The minimum atomic E-state index is -0.145. The molecule has 0 spiro atoms. The van der Waals surface area contributed by atoms with E-state index in [1.807, 2.05) is 49.9 Å². The van der Waals surface area contributed by atoms with E-state index in [-0.39, 0.29) is 17.7 Å². The first-order valence-corrected chi connectivity index (χ1v) is 11.2. The zero-order valence-electron chi connectivity index (χ0n) is 19.0. The van der Waals surface area contributed by atoms with Gasteiger partial charge in [-0.25, -0.2) is 0 Å². The molecule has 1 saturated heterocycles. The van der Waals surface area contributed by atoms with Gasteiger partial charge < -0.3 is 10.2 Å². The van der Waals surface area contributed by atoms with E-state index in [0.717, 1.165) is 36.2 Å². The summed E-state index contributed by atoms with van der Waals surface area (Å²) in [5.74, 6) is -0.237. The summed E-state index contributed by atoms with van der Waals surface area (Å²) in [5.41, 5.74) is 4.08. The van der Waals surface area contributed by atoms with Crippen LogP contribution in [0, 0.1) is 12.8 Å². The number of benzene rings is 2. The highest BCUT2D eigenvalue weighted by Gasteiger charge is 2.24. The van der Waals surface area contributed by atoms with E-state index in [4.69, 9.17) is 0 Å². The molecule has 1 aliphatic rings. The summed E-state index contributed by atoms with van der Waals surface area (Å²) in [6.45, 7) is 9.53. The summed E-state index contributed by atoms with van der Waals surface area (Å²) in [4.78, 5) is 34.6. The normalized spacial score (nSPS) is 14.7. The molecule has 2 heterocycles. The lowest BCUT2D eigenvalue weighted by molar-refractivity contribution is -0.118. The molecule has 1 aliphatic heterocycles. The molecule has 2 aromatic carbocycles. The molecule has 3 aromatic rings. The first kappa shape index (κ1) is 22.0. The maximum atomic E-state index is 13.5. The number of hydrogen-bond donors (Lipinski definition) is 1. The van der Waals surface area contributed by atoms with E-state index < -0.39 is 0 Å². The van der Waals surface area contributed by atoms with Crippen LogP contribution in [0.5, 0.6) is 0 Å². The van der Waals surface area contributed by atoms with Crippen LogP contribution in [0.2, 0.25) is 0 Å². The molecule has 1 fully saturated rings. The van der Waals surface area contributed by atoms with Crippen molar-refractivity contribution in [2.45, 2.75) is 27.3 Å². The average Bonchev–Trinajstić information content (AvgIpc) is 2.79. The molecular formula is C26H30N4O2. The van der Waals surface area contributed by atoms with Crippen molar-refractivity contribution in [3.05, 3.63) is 71.4 Å². The zero-order chi connectivity index (χ0) is 22.7. The molecule has 2 amide bonds. The Morgan fingerprint density at radius 1 is 1.00 bits per heavy atom. The van der Waals surface area contributed by atoms with Gasteiger partial charge in [0.05, 0.1) is 11.1 Å². The second-order valence-corrected chi connectivity index (χ2v) is 8.74. The van der Waals surface area contributed by atoms with E-state index in [0.29, 0.717) is 24.3 Å². The second kappa shape index (κ2) is 9.49. The van der Waals surface area contributed by atoms with Crippen LogP contribution >= 0.6 is 0 Å². The summed E-state index contributed by atoms with van der Waals surface area (Å²) in [5, 5.41) is 3.74. The first-order chi connectivity index (χ1) is 15.4. The summed E-state index contributed by atoms with van der Waals surface area (Å²) < 4.78 is 0. The summed E-state index contributed by atoms with van der Waals surface area (Å²) in [6.07, 6.45) is 0. The first-order valence-electron chi connectivity index (χ1n) is 11.2. The van der Waals surface area contributed by atoms with Crippen LogP contribution in [-0.2, 0) is 11.3 Å². The van der Waals surface area contributed by atoms with Gasteiger partial charge in [-0.05, 0) is 30.7 Å². The Labute approximate surface area is 189 Å². The van der Waals surface area contributed by atoms with Gasteiger partial charge in [-0.15, -0.1) is 0 Å². The Balaban J connectivity index is 1.54. The van der Waals surface area contributed by atoms with Crippen molar-refractivity contribution < 1.29 is 9.59 Å². The quantitative estimate of drug-likeness (QED) is 0.662. The smallest absolute Gasteiger partial charge is 0.254 e. The third kappa shape index (κ3) is 4.97. The van der Waals surface area contributed by atoms with Crippen LogP contribution in [0.15, 0.2) is 54.6 Å². The molecule has 0 atom stereocenters. The highest BCUT2D eigenvalue weighted by Crippen LogP contribution is 2.25. The Bertz CT molecular complexity index is 1120. The number of amides is 2. The van der Waals surface area contributed by atoms with Crippen LogP contribution in [0.3, 0.4) is 0 Å². The number of aromatic nitrogens is 1. The van der Waals surface area contributed by atoms with Crippen LogP contribution in [0.4, 0.5) is 5.69 Å². The fourth-order valence-corrected chi connectivity index (χ4v) is 3.99. The molecule has 6 heteroatoms. The van der Waals surface area contributed by atoms with Crippen molar-refractivity contribution in [2.24, 2.45) is 5.92 Å². The van der Waals surface area contributed by atoms with Gasteiger partial charge in [0, 0.05) is 55.4 Å². The van der Waals surface area contributed by atoms with Crippen molar-refractivity contribution >= 4 is 28.4 Å². The van der Waals surface area contributed by atoms with E-state index in [1.54, 1.807) is 6.07 Å². The lowest BCUT2D eigenvalue weighted by atomic mass is 10.0. The molecule has 32 heavy (non-hydrogen) atoms. The largest absolute Gasteiger partial charge is 0.336 e. The SMILES string of the molecule is Cc1ccc2c(C(=O)N3CCN(Cc4ccccc4)CC3)cc(NC(=O)C(C)C)cc2n1. The number of anilines is 1. The third-order valence-electron chi connectivity index (χ3n) is 5.88. The monoisotopic (exact) mass is 430 g/mol. The van der Waals surface area contributed by atoms with Gasteiger partial charge in [0.15, 0.2) is 0 Å². The summed E-state index contributed by atoms with van der Waals surface area (Å²) in [7, 11) is 0. The van der Waals surface area contributed by atoms with Crippen molar-refractivity contribution in [3.8, 4) is 0 Å². The van der Waals surface area contributed by atoms with Gasteiger partial charge in [-0.3, -0.25) is 19.5 Å². The number of carbonyl (C=O) groups is 2. The molecule has 1 aromatic heterocycles. The molecule has 6 nitrogen and oxygen atoms in total. The standard InChI is InChI=1S/C26H30N4O2/c1-18(2)25(31)28-21-15-23(22-10-9-19(3)27-24(22)16-21)26(32)30-13-11-29(12-14-30)17-20-7-5-4-6-8-20/h4-10,15-16,18H,11-14,17H2,1-3H3,(H,28,31). The zero-order valence-corrected chi connectivity index (χ0v) is 19.0. The second-order valence-electron chi connectivity index (χ2n) is 8.74. The minimum absolute atomic E-state index is 0.0133. The van der Waals surface area contributed by atoms with Crippen molar-refractivity contribution in [3.63, 3.8) is 0 Å². The van der Waals surface area contributed by atoms with Gasteiger partial charge in [0.1, 0.15) is 0 Å². The lowest BCUT2D eigenvalue weighted by Crippen LogP contribution is -2.48. The van der Waals surface area contributed by atoms with Gasteiger partial charge in [0.25, 0.3) is 5.91 Å². The van der Waals surface area contributed by atoms with E-state index in [9.17, 15) is 9.59 Å². The number of carbonyl (C=O) groups excluding carboxylic acids is 2. The van der Waals surface area contributed by atoms with Crippen LogP contribution in [0.25, 0.3) is 10.9 Å². The third-order valence-corrected chi connectivity index (χ3v) is 5.88. The molecule has 0 bridgehead atoms. The number of piperazine rings is 1. The van der Waals surface area contributed by atoms with Gasteiger partial charge in [-0.2, -0.15) is 0 Å². The molecular weight excluding hydrogens is 400 g/mol. The Kier molecular flexibility index (Phi) is 6.51. The van der Waals surface area contributed by atoms with Crippen LogP contribution in [0.1, 0.15) is 35.5 Å². The number of hydrogen-bond acceptors (Lipinski definition) is 4. The molecule has 166 valence electrons. The molecule has 0 radical (unpaired) electrons. The number of fused-ring (bicyclic) bond motifs is 1.